The van der Waals surface area contributed by atoms with Gasteiger partial charge in [-0.1, -0.05) is 116 Å². The van der Waals surface area contributed by atoms with Crippen molar-refractivity contribution < 1.29 is 26.6 Å². The van der Waals surface area contributed by atoms with E-state index in [1.165, 1.54) is 0 Å². The average Bonchev–Trinajstić information content (AvgIpc) is 2.94. The Balaban J connectivity index is -0.0000000459. The molecular weight excluding hydrogens is 694 g/mol. The highest BCUT2D eigenvalue weighted by molar-refractivity contribution is 8.24. The molecule has 0 amide bonds. The largest absolute Gasteiger partial charge is 0.498 e. The Kier molecular flexibility index (Phi) is 98.0. The van der Waals surface area contributed by atoms with Gasteiger partial charge in [-0.15, -0.1) is 0 Å². The van der Waals surface area contributed by atoms with Gasteiger partial charge in [0.05, 0.1) is 0 Å². The molecule has 0 bridgehead atoms. The van der Waals surface area contributed by atoms with Crippen molar-refractivity contribution in [3.63, 3.8) is 0 Å². The zero-order valence-electron chi connectivity index (χ0n) is 35.3. The van der Waals surface area contributed by atoms with Gasteiger partial charge >= 0.3 is 17.6 Å². The Labute approximate surface area is 306 Å². The lowest BCUT2D eigenvalue weighted by molar-refractivity contribution is 0.00763. The zero-order valence-corrected chi connectivity index (χ0v) is 41.9. The van der Waals surface area contributed by atoms with Crippen LogP contribution in [0.4, 0.5) is 0 Å². The van der Waals surface area contributed by atoms with Crippen molar-refractivity contribution in [2.24, 2.45) is 0 Å². The van der Waals surface area contributed by atoms with Crippen molar-refractivity contribution in [3.05, 3.63) is 0 Å². The topological polar surface area (TPSA) is 55.4 Å². The Bertz CT molecular complexity index is 382. The minimum absolute atomic E-state index is 0.143. The highest BCUT2D eigenvalue weighted by Crippen LogP contribution is 2.17. The predicted octanol–water partition coefficient (Wildman–Crippen LogP) is 13.6. The summed E-state index contributed by atoms with van der Waals surface area (Å²) in [4.78, 5) is 0. The second-order valence-corrected chi connectivity index (χ2v) is 16.4. The van der Waals surface area contributed by atoms with Crippen LogP contribution in [0.1, 0.15) is 166 Å². The Hall–Kier alpha value is 1.66. The molecule has 0 spiro atoms. The first-order valence-corrected chi connectivity index (χ1v) is 26.8. The van der Waals surface area contributed by atoms with Crippen LogP contribution in [0.3, 0.4) is 0 Å². The maximum absolute atomic E-state index is 5.75. The van der Waals surface area contributed by atoms with E-state index in [1.807, 2.05) is 179 Å². The fraction of sp³-hybridized carbons (Fsp3) is 1.00. The SMILES string of the molecule is CC.CC.CC.CC.CC.CC.CC(C)O[Si](C)(OC(C)C)OC(C)C.CC(C)O[Si](C)(OC(C)C)OC(C)C.P=S.PP=S. The number of rotatable bonds is 12. The summed E-state index contributed by atoms with van der Waals surface area (Å²) in [7, 11) is 0.961. The summed E-state index contributed by atoms with van der Waals surface area (Å²) >= 11 is 8.22. The Morgan fingerprint density at radius 1 is 0.400 bits per heavy atom. The molecule has 45 heavy (non-hydrogen) atoms. The molecule has 0 aromatic rings. The number of hydrogen-bond acceptors (Lipinski definition) is 8. The molecular formula is C32H87O6P3S2Si2. The van der Waals surface area contributed by atoms with E-state index >= 15 is 0 Å². The van der Waals surface area contributed by atoms with Crippen LogP contribution in [-0.2, 0) is 50.2 Å². The van der Waals surface area contributed by atoms with Crippen LogP contribution in [0.25, 0.3) is 0 Å². The van der Waals surface area contributed by atoms with Gasteiger partial charge in [-0.25, -0.2) is 0 Å². The molecule has 0 aromatic heterocycles. The monoisotopic (exact) mass is 780 g/mol. The highest BCUT2D eigenvalue weighted by Gasteiger charge is 2.39. The molecule has 0 saturated carbocycles. The third-order valence-corrected chi connectivity index (χ3v) is 8.10. The molecule has 286 valence electrons. The molecule has 1 atom stereocenters. The molecule has 0 radical (unpaired) electrons. The maximum atomic E-state index is 5.75. The van der Waals surface area contributed by atoms with Gasteiger partial charge in [0.1, 0.15) is 0 Å². The second kappa shape index (κ2) is 60.9. The molecule has 0 aromatic carbocycles. The van der Waals surface area contributed by atoms with Crippen molar-refractivity contribution in [1.82, 2.24) is 0 Å². The first-order valence-electron chi connectivity index (χ1n) is 17.2. The molecule has 13 heteroatoms. The van der Waals surface area contributed by atoms with Gasteiger partial charge in [-0.2, -0.15) is 0 Å². The van der Waals surface area contributed by atoms with Gasteiger partial charge in [0.25, 0.3) is 0 Å². The fourth-order valence-electron chi connectivity index (χ4n) is 2.74. The summed E-state index contributed by atoms with van der Waals surface area (Å²) in [5.41, 5.74) is 0. The molecule has 0 N–H and O–H groups in total. The minimum Gasteiger partial charge on any atom is -0.371 e. The van der Waals surface area contributed by atoms with E-state index in [0.717, 1.165) is 7.04 Å². The van der Waals surface area contributed by atoms with E-state index in [2.05, 4.69) is 40.6 Å². The van der Waals surface area contributed by atoms with Gasteiger partial charge in [-0.3, -0.25) is 0 Å². The summed E-state index contributed by atoms with van der Waals surface area (Å²) in [6.07, 6.45) is 0.856. The summed E-state index contributed by atoms with van der Waals surface area (Å²) in [5, 5.41) is 0. The molecule has 0 aliphatic rings. The number of hydrogen-bond donors (Lipinski definition) is 0. The quantitative estimate of drug-likeness (QED) is 0.143. The first-order chi connectivity index (χ1) is 20.9. The Morgan fingerprint density at radius 2 is 0.467 bits per heavy atom. The molecule has 0 rings (SSSR count). The third-order valence-electron chi connectivity index (χ3n) is 2.70. The summed E-state index contributed by atoms with van der Waals surface area (Å²) < 4.78 is 34.5. The maximum Gasteiger partial charge on any atom is 0.498 e. The van der Waals surface area contributed by atoms with Crippen LogP contribution in [0.2, 0.25) is 13.1 Å². The van der Waals surface area contributed by atoms with Crippen molar-refractivity contribution in [2.45, 2.75) is 216 Å². The first kappa shape index (κ1) is 72.4. The van der Waals surface area contributed by atoms with Crippen LogP contribution < -0.4 is 0 Å². The summed E-state index contributed by atoms with van der Waals surface area (Å²) in [5.74, 6) is 0. The van der Waals surface area contributed by atoms with Crippen LogP contribution in [0.15, 0.2) is 0 Å². The van der Waals surface area contributed by atoms with Gasteiger partial charge in [-0.05, 0) is 98.1 Å². The van der Waals surface area contributed by atoms with Crippen LogP contribution in [0, 0.1) is 0 Å². The molecule has 0 aliphatic carbocycles. The zero-order chi connectivity index (χ0) is 39.4. The van der Waals surface area contributed by atoms with E-state index in [1.54, 1.807) is 0 Å². The molecule has 0 fully saturated rings. The molecule has 1 unspecified atom stereocenters. The summed E-state index contributed by atoms with van der Waals surface area (Å²) in [6.45, 7) is 51.9. The fourth-order valence-corrected chi connectivity index (χ4v) is 8.21. The molecule has 0 heterocycles. The van der Waals surface area contributed by atoms with Crippen molar-refractivity contribution in [2.75, 3.05) is 0 Å². The highest BCUT2D eigenvalue weighted by atomic mass is 32.6. The van der Waals surface area contributed by atoms with Crippen molar-refractivity contribution >= 4 is 65.2 Å². The molecule has 0 aliphatic heterocycles. The van der Waals surface area contributed by atoms with E-state index in [-0.39, 0.29) is 36.6 Å². The van der Waals surface area contributed by atoms with Crippen LogP contribution in [-0.4, -0.2) is 54.2 Å². The van der Waals surface area contributed by atoms with E-state index in [0.29, 0.717) is 0 Å². The minimum atomic E-state index is -2.44. The summed E-state index contributed by atoms with van der Waals surface area (Å²) in [6, 6.07) is 0. The van der Waals surface area contributed by atoms with E-state index in [4.69, 9.17) is 26.6 Å². The lowest BCUT2D eigenvalue weighted by Gasteiger charge is -2.31. The van der Waals surface area contributed by atoms with Gasteiger partial charge in [0, 0.05) is 49.7 Å². The van der Waals surface area contributed by atoms with E-state index in [9.17, 15) is 0 Å². The smallest absolute Gasteiger partial charge is 0.371 e. The third kappa shape index (κ3) is 86.8. The molecule has 6 nitrogen and oxygen atoms in total. The van der Waals surface area contributed by atoms with Gasteiger partial charge in [0.15, 0.2) is 0 Å². The Morgan fingerprint density at radius 3 is 0.511 bits per heavy atom. The second-order valence-electron chi connectivity index (χ2n) is 8.83. The standard InChI is InChI=1S/2C10H24O3Si.6C2H6.H2P2S.HPS/c2*1-8(2)11-14(7,12-9(3)4)13-10(5)6;6*1-2;1-2-3;1-2/h2*8-10H,1-7H3;6*1-2H3;1H2;1H. The van der Waals surface area contributed by atoms with Crippen molar-refractivity contribution in [1.29, 1.82) is 0 Å². The van der Waals surface area contributed by atoms with Crippen LogP contribution >= 0.6 is 24.0 Å². The van der Waals surface area contributed by atoms with Gasteiger partial charge < -0.3 is 26.6 Å². The van der Waals surface area contributed by atoms with E-state index < -0.39 is 17.6 Å². The average molecular weight is 781 g/mol. The van der Waals surface area contributed by atoms with Crippen molar-refractivity contribution in [3.8, 4) is 0 Å². The lowest BCUT2D eigenvalue weighted by Crippen LogP contribution is -2.47. The van der Waals surface area contributed by atoms with Gasteiger partial charge in [0.2, 0.25) is 0 Å². The molecule has 0 saturated heterocycles. The lowest BCUT2D eigenvalue weighted by atomic mass is 10.5. The normalized spacial score (nSPS) is 9.62. The predicted molar refractivity (Wildman–Crippen MR) is 228 cm³/mol. The van der Waals surface area contributed by atoms with Crippen LogP contribution in [0.5, 0.6) is 0 Å².